The van der Waals surface area contributed by atoms with Gasteiger partial charge in [-0.3, -0.25) is 0 Å². The standard InChI is InChI=1S/C15H14ClFN2S2/c1-2-9-19(10-11-7-8-14(16)21-11)15(20)18-13-6-4-3-5-12(13)17/h2-8H,1,9-10H2,(H,18,20). The second-order valence-electron chi connectivity index (χ2n) is 4.29. The van der Waals surface area contributed by atoms with Crippen molar-refractivity contribution in [1.82, 2.24) is 4.90 Å². The zero-order valence-corrected chi connectivity index (χ0v) is 13.6. The van der Waals surface area contributed by atoms with Crippen LogP contribution in [0.5, 0.6) is 0 Å². The zero-order chi connectivity index (χ0) is 15.2. The Morgan fingerprint density at radius 2 is 2.14 bits per heavy atom. The molecule has 0 aliphatic carbocycles. The Kier molecular flexibility index (Phi) is 5.73. The number of halogens is 2. The van der Waals surface area contributed by atoms with Gasteiger partial charge in [-0.1, -0.05) is 29.8 Å². The fourth-order valence-electron chi connectivity index (χ4n) is 1.76. The molecule has 0 saturated heterocycles. The number of anilines is 1. The number of hydrogen-bond acceptors (Lipinski definition) is 2. The highest BCUT2D eigenvalue weighted by atomic mass is 35.5. The van der Waals surface area contributed by atoms with Crippen LogP contribution in [0.2, 0.25) is 4.34 Å². The molecular formula is C15H14ClFN2S2. The molecule has 1 aromatic carbocycles. The lowest BCUT2D eigenvalue weighted by molar-refractivity contribution is 0.468. The summed E-state index contributed by atoms with van der Waals surface area (Å²) in [5.41, 5.74) is 0.362. The van der Waals surface area contributed by atoms with Gasteiger partial charge in [0.15, 0.2) is 5.11 Å². The van der Waals surface area contributed by atoms with Gasteiger partial charge in [0.1, 0.15) is 5.82 Å². The summed E-state index contributed by atoms with van der Waals surface area (Å²) in [4.78, 5) is 2.98. The van der Waals surface area contributed by atoms with Crippen LogP contribution in [0.25, 0.3) is 0 Å². The Morgan fingerprint density at radius 3 is 2.76 bits per heavy atom. The number of nitrogens with one attached hydrogen (secondary N) is 1. The summed E-state index contributed by atoms with van der Waals surface area (Å²) in [5.74, 6) is -0.336. The molecule has 0 aliphatic rings. The molecule has 2 rings (SSSR count). The first-order chi connectivity index (χ1) is 10.1. The lowest BCUT2D eigenvalue weighted by atomic mass is 10.3. The number of benzene rings is 1. The minimum atomic E-state index is -0.336. The smallest absolute Gasteiger partial charge is 0.174 e. The number of nitrogens with zero attached hydrogens (tertiary/aromatic N) is 1. The van der Waals surface area contributed by atoms with Gasteiger partial charge in [0.05, 0.1) is 16.6 Å². The van der Waals surface area contributed by atoms with E-state index in [0.717, 1.165) is 9.21 Å². The van der Waals surface area contributed by atoms with Crippen molar-refractivity contribution >= 4 is 46.0 Å². The van der Waals surface area contributed by atoms with Crippen LogP contribution in [0.15, 0.2) is 49.1 Å². The Morgan fingerprint density at radius 1 is 1.38 bits per heavy atom. The summed E-state index contributed by atoms with van der Waals surface area (Å²) < 4.78 is 14.4. The number of rotatable bonds is 5. The molecule has 0 fully saturated rings. The first-order valence-electron chi connectivity index (χ1n) is 6.25. The van der Waals surface area contributed by atoms with Gasteiger partial charge in [-0.15, -0.1) is 17.9 Å². The SMILES string of the molecule is C=CCN(Cc1ccc(Cl)s1)C(=S)Nc1ccccc1F. The van der Waals surface area contributed by atoms with Gasteiger partial charge in [-0.2, -0.15) is 0 Å². The van der Waals surface area contributed by atoms with Crippen molar-refractivity contribution in [2.75, 3.05) is 11.9 Å². The minimum Gasteiger partial charge on any atom is -0.340 e. The average molecular weight is 341 g/mol. The molecule has 6 heteroatoms. The molecule has 2 nitrogen and oxygen atoms in total. The average Bonchev–Trinajstić information content (AvgIpc) is 2.86. The third-order valence-corrected chi connectivity index (χ3v) is 4.30. The maximum atomic E-state index is 13.7. The molecule has 1 heterocycles. The van der Waals surface area contributed by atoms with E-state index in [1.807, 2.05) is 17.0 Å². The fourth-order valence-corrected chi connectivity index (χ4v) is 3.11. The van der Waals surface area contributed by atoms with Crippen molar-refractivity contribution < 1.29 is 4.39 Å². The van der Waals surface area contributed by atoms with E-state index in [-0.39, 0.29) is 5.82 Å². The number of para-hydroxylation sites is 1. The summed E-state index contributed by atoms with van der Waals surface area (Å²) >= 11 is 12.8. The quantitative estimate of drug-likeness (QED) is 0.614. The van der Waals surface area contributed by atoms with Gasteiger partial charge in [0, 0.05) is 11.4 Å². The molecule has 0 unspecified atom stereocenters. The Balaban J connectivity index is 2.08. The molecule has 0 saturated carbocycles. The Bertz CT molecular complexity index is 642. The molecule has 0 atom stereocenters. The largest absolute Gasteiger partial charge is 0.340 e. The van der Waals surface area contributed by atoms with Crippen LogP contribution in [0.4, 0.5) is 10.1 Å². The van der Waals surface area contributed by atoms with Crippen molar-refractivity contribution in [2.45, 2.75) is 6.54 Å². The maximum Gasteiger partial charge on any atom is 0.174 e. The summed E-state index contributed by atoms with van der Waals surface area (Å²) in [6.07, 6.45) is 1.75. The molecule has 21 heavy (non-hydrogen) atoms. The van der Waals surface area contributed by atoms with E-state index in [1.165, 1.54) is 17.4 Å². The van der Waals surface area contributed by atoms with E-state index in [2.05, 4.69) is 11.9 Å². The molecule has 0 bridgehead atoms. The second kappa shape index (κ2) is 7.54. The van der Waals surface area contributed by atoms with Crippen LogP contribution >= 0.6 is 35.2 Å². The third kappa shape index (κ3) is 4.52. The van der Waals surface area contributed by atoms with Crippen LogP contribution in [-0.2, 0) is 6.54 Å². The first-order valence-corrected chi connectivity index (χ1v) is 7.86. The van der Waals surface area contributed by atoms with Crippen molar-refractivity contribution in [1.29, 1.82) is 0 Å². The molecule has 0 aliphatic heterocycles. The number of thiocarbonyl (C=S) groups is 1. The second-order valence-corrected chi connectivity index (χ2v) is 6.47. The summed E-state index contributed by atoms with van der Waals surface area (Å²) in [6, 6.07) is 10.2. The maximum absolute atomic E-state index is 13.7. The van der Waals surface area contributed by atoms with Crippen LogP contribution in [0.1, 0.15) is 4.88 Å². The van der Waals surface area contributed by atoms with Gasteiger partial charge in [-0.25, -0.2) is 4.39 Å². The van der Waals surface area contributed by atoms with Gasteiger partial charge >= 0.3 is 0 Å². The van der Waals surface area contributed by atoms with Crippen molar-refractivity contribution in [3.8, 4) is 0 Å². The highest BCUT2D eigenvalue weighted by Gasteiger charge is 2.12. The number of thiophene rings is 1. The Labute approximate surface area is 137 Å². The molecule has 110 valence electrons. The van der Waals surface area contributed by atoms with Crippen LogP contribution in [-0.4, -0.2) is 16.6 Å². The molecule has 2 aromatic rings. The van der Waals surface area contributed by atoms with E-state index < -0.39 is 0 Å². The van der Waals surface area contributed by atoms with Crippen LogP contribution in [0.3, 0.4) is 0 Å². The van der Waals surface area contributed by atoms with Gasteiger partial charge < -0.3 is 10.2 Å². The van der Waals surface area contributed by atoms with Gasteiger partial charge in [0.25, 0.3) is 0 Å². The predicted octanol–water partition coefficient (Wildman–Crippen LogP) is 4.93. The Hall–Kier alpha value is -1.43. The summed E-state index contributed by atoms with van der Waals surface area (Å²) in [6.45, 7) is 4.89. The van der Waals surface area contributed by atoms with Crippen molar-refractivity contribution in [3.05, 3.63) is 64.1 Å². The molecule has 1 N–H and O–H groups in total. The van der Waals surface area contributed by atoms with E-state index >= 15 is 0 Å². The molecular weight excluding hydrogens is 327 g/mol. The minimum absolute atomic E-state index is 0.336. The molecule has 0 amide bonds. The topological polar surface area (TPSA) is 15.3 Å². The van der Waals surface area contributed by atoms with Crippen molar-refractivity contribution in [2.24, 2.45) is 0 Å². The number of hydrogen-bond donors (Lipinski definition) is 1. The predicted molar refractivity (Wildman–Crippen MR) is 92.6 cm³/mol. The van der Waals surface area contributed by atoms with E-state index in [9.17, 15) is 4.39 Å². The van der Waals surface area contributed by atoms with E-state index in [4.69, 9.17) is 23.8 Å². The molecule has 0 radical (unpaired) electrons. The lowest BCUT2D eigenvalue weighted by Gasteiger charge is -2.24. The van der Waals surface area contributed by atoms with E-state index in [0.29, 0.717) is 23.9 Å². The van der Waals surface area contributed by atoms with Gasteiger partial charge in [0.2, 0.25) is 0 Å². The van der Waals surface area contributed by atoms with Crippen LogP contribution in [0, 0.1) is 5.82 Å². The summed E-state index contributed by atoms with van der Waals surface area (Å²) in [7, 11) is 0. The lowest BCUT2D eigenvalue weighted by Crippen LogP contribution is -2.34. The highest BCUT2D eigenvalue weighted by Crippen LogP contribution is 2.23. The third-order valence-electron chi connectivity index (χ3n) is 2.73. The highest BCUT2D eigenvalue weighted by molar-refractivity contribution is 7.80. The normalized spacial score (nSPS) is 10.2. The van der Waals surface area contributed by atoms with Crippen LogP contribution < -0.4 is 5.32 Å². The summed E-state index contributed by atoms with van der Waals surface area (Å²) in [5, 5.41) is 3.38. The van der Waals surface area contributed by atoms with Crippen molar-refractivity contribution in [3.63, 3.8) is 0 Å². The fraction of sp³-hybridized carbons (Fsp3) is 0.133. The zero-order valence-electron chi connectivity index (χ0n) is 11.2. The molecule has 1 aromatic heterocycles. The van der Waals surface area contributed by atoms with E-state index in [1.54, 1.807) is 24.3 Å². The first kappa shape index (κ1) is 15.9. The van der Waals surface area contributed by atoms with Gasteiger partial charge in [-0.05, 0) is 36.5 Å². The molecule has 0 spiro atoms. The monoisotopic (exact) mass is 340 g/mol.